The fraction of sp³-hybridized carbons (Fsp3) is 0.471. The molecule has 1 atom stereocenters. The highest BCUT2D eigenvalue weighted by atomic mass is 32.2. The van der Waals surface area contributed by atoms with Crippen LogP contribution in [0.25, 0.3) is 0 Å². The summed E-state index contributed by atoms with van der Waals surface area (Å²) in [7, 11) is -3.56. The number of carbonyl (C=O) groups is 1. The van der Waals surface area contributed by atoms with Gasteiger partial charge in [-0.25, -0.2) is 18.1 Å². The largest absolute Gasteiger partial charge is 0.484 e. The molecule has 0 saturated carbocycles. The topological polar surface area (TPSA) is 126 Å². The van der Waals surface area contributed by atoms with E-state index in [1.54, 1.807) is 6.92 Å². The van der Waals surface area contributed by atoms with Crippen molar-refractivity contribution in [3.63, 3.8) is 0 Å². The van der Waals surface area contributed by atoms with E-state index in [0.717, 1.165) is 5.82 Å². The number of nitrogens with zero attached hydrogens (tertiary/aromatic N) is 2. The zero-order valence-electron chi connectivity index (χ0n) is 16.1. The van der Waals surface area contributed by atoms with Gasteiger partial charge in [-0.1, -0.05) is 18.7 Å². The van der Waals surface area contributed by atoms with Crippen molar-refractivity contribution in [3.05, 3.63) is 30.1 Å². The Morgan fingerprint density at radius 2 is 2.04 bits per heavy atom. The van der Waals surface area contributed by atoms with Gasteiger partial charge in [-0.05, 0) is 44.5 Å². The minimum absolute atomic E-state index is 0.143. The molecule has 0 aliphatic carbocycles. The summed E-state index contributed by atoms with van der Waals surface area (Å²) in [5, 5.41) is 10.1. The highest BCUT2D eigenvalue weighted by Crippen LogP contribution is 2.16. The standard InChI is InChI=1S/C17H25N5O4S2/c1-4-12(2)22-28(24,25)15-7-5-14(6-8-15)26-11-16(23)18-9-10-27-17-19-13(3)20-21-17/h5-8,12,22H,4,9-11H2,1-3H3,(H,18,23)(H,19,20,21)/t12-/m1/s1. The molecule has 2 rings (SSSR count). The lowest BCUT2D eigenvalue weighted by Gasteiger charge is -2.12. The summed E-state index contributed by atoms with van der Waals surface area (Å²) in [4.78, 5) is 16.1. The Balaban J connectivity index is 1.72. The van der Waals surface area contributed by atoms with Crippen LogP contribution < -0.4 is 14.8 Å². The van der Waals surface area contributed by atoms with Gasteiger partial charge in [-0.15, -0.1) is 5.10 Å². The molecule has 0 aliphatic rings. The molecule has 11 heteroatoms. The van der Waals surface area contributed by atoms with Crippen LogP contribution in [0.4, 0.5) is 0 Å². The number of rotatable bonds is 11. The molecule has 9 nitrogen and oxygen atoms in total. The monoisotopic (exact) mass is 427 g/mol. The third-order valence-electron chi connectivity index (χ3n) is 3.70. The third-order valence-corrected chi connectivity index (χ3v) is 6.16. The number of nitrogens with one attached hydrogen (secondary N) is 3. The molecule has 0 saturated heterocycles. The molecule has 0 aliphatic heterocycles. The second-order valence-electron chi connectivity index (χ2n) is 6.09. The van der Waals surface area contributed by atoms with E-state index >= 15 is 0 Å². The Hall–Kier alpha value is -2.11. The maximum absolute atomic E-state index is 12.2. The number of hydrogen-bond donors (Lipinski definition) is 3. The zero-order valence-corrected chi connectivity index (χ0v) is 17.7. The van der Waals surface area contributed by atoms with Crippen LogP contribution in [0.5, 0.6) is 5.75 Å². The van der Waals surface area contributed by atoms with E-state index in [-0.39, 0.29) is 23.5 Å². The van der Waals surface area contributed by atoms with Gasteiger partial charge in [0, 0.05) is 18.3 Å². The van der Waals surface area contributed by atoms with Gasteiger partial charge in [0.2, 0.25) is 15.2 Å². The van der Waals surface area contributed by atoms with E-state index in [1.165, 1.54) is 36.0 Å². The van der Waals surface area contributed by atoms with Gasteiger partial charge in [0.05, 0.1) is 4.90 Å². The highest BCUT2D eigenvalue weighted by molar-refractivity contribution is 7.99. The van der Waals surface area contributed by atoms with E-state index in [9.17, 15) is 13.2 Å². The van der Waals surface area contributed by atoms with Crippen molar-refractivity contribution >= 4 is 27.7 Å². The number of aromatic amines is 1. The average Bonchev–Trinajstić information content (AvgIpc) is 3.08. The van der Waals surface area contributed by atoms with Crippen LogP contribution in [0.15, 0.2) is 34.3 Å². The summed E-state index contributed by atoms with van der Waals surface area (Å²) >= 11 is 1.44. The highest BCUT2D eigenvalue weighted by Gasteiger charge is 2.16. The number of amides is 1. The number of hydrogen-bond acceptors (Lipinski definition) is 7. The molecule has 28 heavy (non-hydrogen) atoms. The van der Waals surface area contributed by atoms with E-state index in [2.05, 4.69) is 25.2 Å². The van der Waals surface area contributed by atoms with E-state index in [0.29, 0.717) is 29.6 Å². The number of aromatic nitrogens is 3. The predicted molar refractivity (Wildman–Crippen MR) is 107 cm³/mol. The minimum atomic E-state index is -3.56. The average molecular weight is 428 g/mol. The van der Waals surface area contributed by atoms with Crippen LogP contribution in [0.2, 0.25) is 0 Å². The Labute approximate surface area is 169 Å². The van der Waals surface area contributed by atoms with Gasteiger partial charge >= 0.3 is 0 Å². The maximum Gasteiger partial charge on any atom is 0.257 e. The van der Waals surface area contributed by atoms with Gasteiger partial charge in [-0.2, -0.15) is 0 Å². The lowest BCUT2D eigenvalue weighted by molar-refractivity contribution is -0.122. The molecule has 1 aromatic carbocycles. The normalized spacial score (nSPS) is 12.5. The summed E-state index contributed by atoms with van der Waals surface area (Å²) in [6.45, 7) is 5.84. The lowest BCUT2D eigenvalue weighted by Crippen LogP contribution is -2.32. The molecule has 1 amide bonds. The number of benzene rings is 1. The van der Waals surface area contributed by atoms with Crippen molar-refractivity contribution in [1.82, 2.24) is 25.2 Å². The molecule has 0 fully saturated rings. The quantitative estimate of drug-likeness (QED) is 0.366. The van der Waals surface area contributed by atoms with Gasteiger partial charge in [0.25, 0.3) is 5.91 Å². The lowest BCUT2D eigenvalue weighted by atomic mass is 10.3. The van der Waals surface area contributed by atoms with E-state index < -0.39 is 10.0 Å². The van der Waals surface area contributed by atoms with Crippen LogP contribution in [-0.2, 0) is 14.8 Å². The molecule has 0 spiro atoms. The van der Waals surface area contributed by atoms with Gasteiger partial charge in [-0.3, -0.25) is 9.89 Å². The van der Waals surface area contributed by atoms with Crippen molar-refractivity contribution < 1.29 is 17.9 Å². The van der Waals surface area contributed by atoms with Crippen molar-refractivity contribution in [3.8, 4) is 5.75 Å². The number of ether oxygens (including phenoxy) is 1. The molecule has 0 bridgehead atoms. The first-order chi connectivity index (χ1) is 13.3. The molecular weight excluding hydrogens is 402 g/mol. The smallest absolute Gasteiger partial charge is 0.257 e. The van der Waals surface area contributed by atoms with Gasteiger partial charge in [0.15, 0.2) is 6.61 Å². The second-order valence-corrected chi connectivity index (χ2v) is 8.87. The molecule has 3 N–H and O–H groups in total. The number of aryl methyl sites for hydroxylation is 1. The van der Waals surface area contributed by atoms with Crippen LogP contribution in [0, 0.1) is 6.92 Å². The molecule has 2 aromatic rings. The minimum Gasteiger partial charge on any atom is -0.484 e. The Morgan fingerprint density at radius 1 is 1.32 bits per heavy atom. The second kappa shape index (κ2) is 10.4. The number of carbonyl (C=O) groups excluding carboxylic acids is 1. The number of thioether (sulfide) groups is 1. The molecule has 154 valence electrons. The third kappa shape index (κ3) is 7.13. The Kier molecular flexibility index (Phi) is 8.27. The summed E-state index contributed by atoms with van der Waals surface area (Å²) in [6, 6.07) is 5.82. The fourth-order valence-electron chi connectivity index (χ4n) is 2.05. The summed E-state index contributed by atoms with van der Waals surface area (Å²) < 4.78 is 32.4. The van der Waals surface area contributed by atoms with Crippen molar-refractivity contribution in [2.24, 2.45) is 0 Å². The van der Waals surface area contributed by atoms with E-state index in [1.807, 2.05) is 13.8 Å². The van der Waals surface area contributed by atoms with Gasteiger partial charge < -0.3 is 10.1 Å². The zero-order chi connectivity index (χ0) is 20.6. The summed E-state index contributed by atoms with van der Waals surface area (Å²) in [5.41, 5.74) is 0. The van der Waals surface area contributed by atoms with Crippen LogP contribution in [-0.4, -0.2) is 54.5 Å². The SMILES string of the molecule is CC[C@@H](C)NS(=O)(=O)c1ccc(OCC(=O)NCCSc2n[nH]c(C)n2)cc1. The summed E-state index contributed by atoms with van der Waals surface area (Å²) in [5.74, 6) is 1.54. The van der Waals surface area contributed by atoms with Crippen molar-refractivity contribution in [2.45, 2.75) is 43.3 Å². The molecule has 1 aromatic heterocycles. The van der Waals surface area contributed by atoms with Crippen LogP contribution >= 0.6 is 11.8 Å². The molecule has 0 radical (unpaired) electrons. The maximum atomic E-state index is 12.2. The van der Waals surface area contributed by atoms with Crippen molar-refractivity contribution in [2.75, 3.05) is 18.9 Å². The van der Waals surface area contributed by atoms with E-state index in [4.69, 9.17) is 4.74 Å². The number of H-pyrrole nitrogens is 1. The predicted octanol–water partition coefficient (Wildman–Crippen LogP) is 1.48. The van der Waals surface area contributed by atoms with Crippen LogP contribution in [0.3, 0.4) is 0 Å². The van der Waals surface area contributed by atoms with Crippen molar-refractivity contribution in [1.29, 1.82) is 0 Å². The first kappa shape index (κ1) is 22.2. The fourth-order valence-corrected chi connectivity index (χ4v) is 4.08. The Bertz CT molecular complexity index is 868. The number of sulfonamides is 1. The Morgan fingerprint density at radius 3 is 2.64 bits per heavy atom. The molecule has 1 heterocycles. The molecule has 0 unspecified atom stereocenters. The van der Waals surface area contributed by atoms with Crippen LogP contribution in [0.1, 0.15) is 26.1 Å². The van der Waals surface area contributed by atoms with Gasteiger partial charge in [0.1, 0.15) is 11.6 Å². The first-order valence-electron chi connectivity index (χ1n) is 8.84. The molecular formula is C17H25N5O4S2. The first-order valence-corrected chi connectivity index (χ1v) is 11.3. The summed E-state index contributed by atoms with van der Waals surface area (Å²) in [6.07, 6.45) is 0.700.